The molecule has 4 N–H and O–H groups in total. The second kappa shape index (κ2) is 6.42. The van der Waals surface area contributed by atoms with Gasteiger partial charge in [-0.25, -0.2) is 5.43 Å². The maximum Gasteiger partial charge on any atom is 0.273 e. The molecule has 0 atom stereocenters. The van der Waals surface area contributed by atoms with Gasteiger partial charge in [-0.2, -0.15) is 5.10 Å². The first-order chi connectivity index (χ1) is 10.1. The molecule has 0 aliphatic carbocycles. The van der Waals surface area contributed by atoms with Gasteiger partial charge in [-0.1, -0.05) is 12.1 Å². The summed E-state index contributed by atoms with van der Waals surface area (Å²) in [4.78, 5) is 12.0. The Labute approximate surface area is 121 Å². The number of carbonyl (C=O) groups is 1. The highest BCUT2D eigenvalue weighted by Gasteiger charge is 2.08. The average Bonchev–Trinajstić information content (AvgIpc) is 2.50. The van der Waals surface area contributed by atoms with Crippen LogP contribution in [0.5, 0.6) is 11.5 Å². The highest BCUT2D eigenvalue weighted by Crippen LogP contribution is 2.20. The van der Waals surface area contributed by atoms with Crippen molar-refractivity contribution in [3.63, 3.8) is 0 Å². The van der Waals surface area contributed by atoms with Crippen LogP contribution in [-0.2, 0) is 0 Å². The Morgan fingerprint density at radius 2 is 1.95 bits per heavy atom. The van der Waals surface area contributed by atoms with Gasteiger partial charge in [0.1, 0.15) is 11.5 Å². The van der Waals surface area contributed by atoms with Gasteiger partial charge in [0.2, 0.25) is 0 Å². The number of phenols is 2. The summed E-state index contributed by atoms with van der Waals surface area (Å²) in [6, 6.07) is 11.1. The van der Waals surface area contributed by atoms with Crippen LogP contribution in [0.4, 0.5) is 5.69 Å². The minimum atomic E-state index is -0.379. The van der Waals surface area contributed by atoms with E-state index in [0.29, 0.717) is 16.8 Å². The molecule has 0 bridgehead atoms. The van der Waals surface area contributed by atoms with Gasteiger partial charge in [-0.05, 0) is 30.3 Å². The topological polar surface area (TPSA) is 94.0 Å². The Balaban J connectivity index is 2.10. The zero-order valence-corrected chi connectivity index (χ0v) is 11.4. The van der Waals surface area contributed by atoms with Gasteiger partial charge in [0, 0.05) is 18.3 Å². The number of carbonyl (C=O) groups excluding carboxylic acids is 1. The first-order valence-corrected chi connectivity index (χ1v) is 6.24. The molecule has 0 saturated carbocycles. The Morgan fingerprint density at radius 1 is 1.19 bits per heavy atom. The Kier molecular flexibility index (Phi) is 4.40. The summed E-state index contributed by atoms with van der Waals surface area (Å²) in [6.45, 7) is 0. The molecule has 6 nitrogen and oxygen atoms in total. The number of nitrogens with zero attached hydrogens (tertiary/aromatic N) is 1. The number of benzene rings is 2. The molecular weight excluding hydrogens is 270 g/mol. The third kappa shape index (κ3) is 3.50. The quantitative estimate of drug-likeness (QED) is 0.392. The van der Waals surface area contributed by atoms with Crippen LogP contribution in [0.1, 0.15) is 15.9 Å². The summed E-state index contributed by atoms with van der Waals surface area (Å²) in [5.74, 6) is -0.418. The van der Waals surface area contributed by atoms with Crippen LogP contribution < -0.4 is 10.7 Å². The van der Waals surface area contributed by atoms with Gasteiger partial charge in [0.05, 0.1) is 11.8 Å². The fraction of sp³-hybridized carbons (Fsp3) is 0.0667. The number of para-hydroxylation sites is 1. The normalized spacial score (nSPS) is 10.5. The van der Waals surface area contributed by atoms with Gasteiger partial charge in [0.25, 0.3) is 5.91 Å². The molecule has 2 aromatic carbocycles. The molecule has 2 rings (SSSR count). The molecule has 0 aliphatic rings. The summed E-state index contributed by atoms with van der Waals surface area (Å²) in [5, 5.41) is 25.6. The molecule has 6 heteroatoms. The Morgan fingerprint density at radius 3 is 2.71 bits per heavy atom. The predicted octanol–water partition coefficient (Wildman–Crippen LogP) is 1.90. The Hall–Kier alpha value is -3.02. The second-order valence-corrected chi connectivity index (χ2v) is 4.24. The molecular formula is C15H15N3O3. The minimum absolute atomic E-state index is 0.00102. The van der Waals surface area contributed by atoms with Crippen molar-refractivity contribution < 1.29 is 15.0 Å². The highest BCUT2D eigenvalue weighted by molar-refractivity contribution is 6.00. The van der Waals surface area contributed by atoms with Crippen LogP contribution in [0.3, 0.4) is 0 Å². The largest absolute Gasteiger partial charge is 0.508 e. The first-order valence-electron chi connectivity index (χ1n) is 6.24. The van der Waals surface area contributed by atoms with Crippen LogP contribution in [0.15, 0.2) is 47.6 Å². The van der Waals surface area contributed by atoms with Gasteiger partial charge < -0.3 is 15.5 Å². The third-order valence-corrected chi connectivity index (χ3v) is 2.82. The van der Waals surface area contributed by atoms with E-state index in [4.69, 9.17) is 0 Å². The van der Waals surface area contributed by atoms with Crippen LogP contribution in [-0.4, -0.2) is 29.4 Å². The molecule has 108 valence electrons. The molecule has 0 unspecified atom stereocenters. The number of anilines is 1. The van der Waals surface area contributed by atoms with Gasteiger partial charge >= 0.3 is 0 Å². The summed E-state index contributed by atoms with van der Waals surface area (Å²) < 4.78 is 0. The van der Waals surface area contributed by atoms with Gasteiger partial charge in [-0.15, -0.1) is 0 Å². The number of hydrogen-bond donors (Lipinski definition) is 4. The number of hydrogen-bond acceptors (Lipinski definition) is 5. The number of amides is 1. The van der Waals surface area contributed by atoms with Gasteiger partial charge in [0.15, 0.2) is 0 Å². The van der Waals surface area contributed by atoms with Crippen molar-refractivity contribution in [1.29, 1.82) is 0 Å². The lowest BCUT2D eigenvalue weighted by molar-refractivity contribution is 0.0956. The van der Waals surface area contributed by atoms with Crippen molar-refractivity contribution >= 4 is 17.8 Å². The van der Waals surface area contributed by atoms with E-state index in [1.54, 1.807) is 25.2 Å². The van der Waals surface area contributed by atoms with Crippen LogP contribution in [0.25, 0.3) is 0 Å². The molecule has 0 fully saturated rings. The Bertz CT molecular complexity index is 684. The van der Waals surface area contributed by atoms with E-state index in [0.717, 1.165) is 0 Å². The van der Waals surface area contributed by atoms with Crippen LogP contribution in [0, 0.1) is 0 Å². The maximum atomic E-state index is 12.0. The molecule has 0 spiro atoms. The van der Waals surface area contributed by atoms with Crippen molar-refractivity contribution in [2.24, 2.45) is 5.10 Å². The minimum Gasteiger partial charge on any atom is -0.508 e. The van der Waals surface area contributed by atoms with Crippen molar-refractivity contribution in [1.82, 2.24) is 5.43 Å². The van der Waals surface area contributed by atoms with E-state index >= 15 is 0 Å². The summed E-state index contributed by atoms with van der Waals surface area (Å²) in [6.07, 6.45) is 1.26. The van der Waals surface area contributed by atoms with Crippen molar-refractivity contribution in [3.8, 4) is 11.5 Å². The number of nitrogens with one attached hydrogen (secondary N) is 2. The lowest BCUT2D eigenvalue weighted by Crippen LogP contribution is -2.18. The molecule has 1 amide bonds. The first kappa shape index (κ1) is 14.4. The van der Waals surface area contributed by atoms with Gasteiger partial charge in [-0.3, -0.25) is 4.79 Å². The monoisotopic (exact) mass is 285 g/mol. The number of hydrazone groups is 1. The molecule has 21 heavy (non-hydrogen) atoms. The number of aromatic hydroxyl groups is 2. The van der Waals surface area contributed by atoms with Crippen molar-refractivity contribution in [3.05, 3.63) is 53.6 Å². The fourth-order valence-corrected chi connectivity index (χ4v) is 1.77. The second-order valence-electron chi connectivity index (χ2n) is 4.24. The van der Waals surface area contributed by atoms with E-state index in [9.17, 15) is 15.0 Å². The van der Waals surface area contributed by atoms with Crippen molar-refractivity contribution in [2.75, 3.05) is 12.4 Å². The molecule has 0 heterocycles. The number of phenolic OH excluding ortho intramolecular Hbond substituents is 2. The molecule has 0 saturated heterocycles. The smallest absolute Gasteiger partial charge is 0.273 e. The maximum absolute atomic E-state index is 12.0. The SMILES string of the molecule is CNc1ccccc1C(=O)N/N=C\c1cc(O)ccc1O. The fourth-order valence-electron chi connectivity index (χ4n) is 1.77. The molecule has 0 aromatic heterocycles. The summed E-state index contributed by atoms with van der Waals surface area (Å²) in [5.41, 5.74) is 3.81. The van der Waals surface area contributed by atoms with E-state index in [2.05, 4.69) is 15.8 Å². The lowest BCUT2D eigenvalue weighted by Gasteiger charge is -2.06. The molecule has 2 aromatic rings. The average molecular weight is 285 g/mol. The molecule has 0 radical (unpaired) electrons. The van der Waals surface area contributed by atoms with E-state index in [1.807, 2.05) is 6.07 Å². The van der Waals surface area contributed by atoms with Crippen LogP contribution >= 0.6 is 0 Å². The van der Waals surface area contributed by atoms with Crippen LogP contribution in [0.2, 0.25) is 0 Å². The zero-order valence-electron chi connectivity index (χ0n) is 11.4. The number of rotatable bonds is 4. The highest BCUT2D eigenvalue weighted by atomic mass is 16.3. The lowest BCUT2D eigenvalue weighted by atomic mass is 10.1. The zero-order chi connectivity index (χ0) is 15.2. The molecule has 0 aliphatic heterocycles. The third-order valence-electron chi connectivity index (χ3n) is 2.82. The standard InChI is InChI=1S/C15H15N3O3/c1-16-13-5-3-2-4-12(13)15(21)18-17-9-10-8-11(19)6-7-14(10)20/h2-9,16,19-20H,1H3,(H,18,21)/b17-9-. The summed E-state index contributed by atoms with van der Waals surface area (Å²) >= 11 is 0. The van der Waals surface area contributed by atoms with E-state index < -0.39 is 0 Å². The van der Waals surface area contributed by atoms with Crippen molar-refractivity contribution in [2.45, 2.75) is 0 Å². The van der Waals surface area contributed by atoms with E-state index in [-0.39, 0.29) is 17.4 Å². The predicted molar refractivity (Wildman–Crippen MR) is 80.8 cm³/mol. The van der Waals surface area contributed by atoms with E-state index in [1.165, 1.54) is 24.4 Å². The summed E-state index contributed by atoms with van der Waals surface area (Å²) in [7, 11) is 1.72.